The fourth-order valence-electron chi connectivity index (χ4n) is 2.25. The van der Waals surface area contributed by atoms with Gasteiger partial charge in [0.25, 0.3) is 5.91 Å². The largest absolute Gasteiger partial charge is 0.354 e. The van der Waals surface area contributed by atoms with Crippen LogP contribution < -0.4 is 10.6 Å². The highest BCUT2D eigenvalue weighted by Gasteiger charge is 2.08. The van der Waals surface area contributed by atoms with Crippen LogP contribution >= 0.6 is 0 Å². The number of hydrogen-bond donors (Lipinski definition) is 2. The number of pyridine rings is 1. The summed E-state index contributed by atoms with van der Waals surface area (Å²) >= 11 is 0. The lowest BCUT2D eigenvalue weighted by Gasteiger charge is -2.08. The molecule has 3 aromatic rings. The van der Waals surface area contributed by atoms with Crippen LogP contribution in [-0.2, 0) is 0 Å². The van der Waals surface area contributed by atoms with Crippen molar-refractivity contribution in [2.75, 3.05) is 10.6 Å². The second-order valence-electron chi connectivity index (χ2n) is 5.39. The molecule has 0 aliphatic carbocycles. The van der Waals surface area contributed by atoms with Gasteiger partial charge in [0.15, 0.2) is 0 Å². The van der Waals surface area contributed by atoms with Gasteiger partial charge < -0.3 is 10.6 Å². The summed E-state index contributed by atoms with van der Waals surface area (Å²) in [6.45, 7) is 1.96. The molecule has 0 aliphatic heterocycles. The molecule has 0 fully saturated rings. The van der Waals surface area contributed by atoms with E-state index in [-0.39, 0.29) is 11.7 Å². The molecule has 0 saturated heterocycles. The van der Waals surface area contributed by atoms with Crippen molar-refractivity contribution in [2.24, 2.45) is 0 Å². The Kier molecular flexibility index (Phi) is 4.52. The van der Waals surface area contributed by atoms with Gasteiger partial charge in [-0.3, -0.25) is 4.79 Å². The van der Waals surface area contributed by atoms with Crippen LogP contribution in [0.5, 0.6) is 0 Å². The van der Waals surface area contributed by atoms with Crippen LogP contribution in [0.25, 0.3) is 0 Å². The maximum absolute atomic E-state index is 13.2. The number of nitrogens with one attached hydrogen (secondary N) is 2. The molecule has 0 radical (unpaired) electrons. The maximum Gasteiger partial charge on any atom is 0.274 e. The quantitative estimate of drug-likeness (QED) is 0.742. The van der Waals surface area contributed by atoms with Crippen LogP contribution in [0.2, 0.25) is 0 Å². The van der Waals surface area contributed by atoms with E-state index >= 15 is 0 Å². The second kappa shape index (κ2) is 6.91. The number of anilines is 3. The first kappa shape index (κ1) is 15.7. The summed E-state index contributed by atoms with van der Waals surface area (Å²) in [4.78, 5) is 16.3. The molecule has 1 heterocycles. The molecule has 5 heteroatoms. The molecule has 2 N–H and O–H groups in total. The molecule has 24 heavy (non-hydrogen) atoms. The average molecular weight is 321 g/mol. The van der Waals surface area contributed by atoms with Gasteiger partial charge in [-0.1, -0.05) is 18.2 Å². The Hall–Kier alpha value is -3.21. The molecule has 0 unspecified atom stereocenters. The van der Waals surface area contributed by atoms with Gasteiger partial charge in [0.2, 0.25) is 0 Å². The standard InChI is InChI=1S/C19H16FN3O/c1-13-4-2-6-15(10-13)23-19(24)18-9-8-17(12-21-18)22-16-7-3-5-14(20)11-16/h2-12,22H,1H3,(H,23,24). The predicted molar refractivity (Wildman–Crippen MR) is 93.1 cm³/mol. The molecule has 4 nitrogen and oxygen atoms in total. The van der Waals surface area contributed by atoms with E-state index in [4.69, 9.17) is 0 Å². The number of aryl methyl sites for hydroxylation is 1. The molecule has 120 valence electrons. The lowest BCUT2D eigenvalue weighted by Crippen LogP contribution is -2.13. The molecule has 0 aliphatic rings. The summed E-state index contributed by atoms with van der Waals surface area (Å²) in [6.07, 6.45) is 1.54. The minimum atomic E-state index is -0.317. The first-order valence-corrected chi connectivity index (χ1v) is 7.47. The highest BCUT2D eigenvalue weighted by atomic mass is 19.1. The molecule has 2 aromatic carbocycles. The van der Waals surface area contributed by atoms with Gasteiger partial charge in [0, 0.05) is 11.4 Å². The van der Waals surface area contributed by atoms with E-state index in [1.165, 1.54) is 18.3 Å². The number of carbonyl (C=O) groups is 1. The molecule has 0 atom stereocenters. The Bertz CT molecular complexity index is 862. The number of carbonyl (C=O) groups excluding carboxylic acids is 1. The highest BCUT2D eigenvalue weighted by molar-refractivity contribution is 6.03. The Labute approximate surface area is 139 Å². The summed E-state index contributed by atoms with van der Waals surface area (Å²) in [6, 6.07) is 17.0. The summed E-state index contributed by atoms with van der Waals surface area (Å²) in [5, 5.41) is 5.84. The van der Waals surface area contributed by atoms with Gasteiger partial charge in [0.05, 0.1) is 11.9 Å². The van der Waals surface area contributed by atoms with Gasteiger partial charge in [-0.2, -0.15) is 0 Å². The fraction of sp³-hybridized carbons (Fsp3) is 0.0526. The van der Waals surface area contributed by atoms with E-state index in [9.17, 15) is 9.18 Å². The first-order chi connectivity index (χ1) is 11.6. The average Bonchev–Trinajstić information content (AvgIpc) is 2.55. The highest BCUT2D eigenvalue weighted by Crippen LogP contribution is 2.17. The molecule has 0 spiro atoms. The molecule has 0 bridgehead atoms. The second-order valence-corrected chi connectivity index (χ2v) is 5.39. The third-order valence-electron chi connectivity index (χ3n) is 3.39. The Morgan fingerprint density at radius 2 is 1.75 bits per heavy atom. The summed E-state index contributed by atoms with van der Waals surface area (Å²) in [5.41, 5.74) is 3.39. The van der Waals surface area contributed by atoms with Crippen molar-refractivity contribution in [1.29, 1.82) is 0 Å². The number of amides is 1. The van der Waals surface area contributed by atoms with Crippen molar-refractivity contribution in [1.82, 2.24) is 4.98 Å². The lowest BCUT2D eigenvalue weighted by molar-refractivity contribution is 0.102. The monoisotopic (exact) mass is 321 g/mol. The zero-order chi connectivity index (χ0) is 16.9. The van der Waals surface area contributed by atoms with Crippen LogP contribution in [-0.4, -0.2) is 10.9 Å². The van der Waals surface area contributed by atoms with Gasteiger partial charge in [0.1, 0.15) is 11.5 Å². The van der Waals surface area contributed by atoms with Crippen LogP contribution in [0.15, 0.2) is 66.9 Å². The first-order valence-electron chi connectivity index (χ1n) is 7.47. The number of benzene rings is 2. The SMILES string of the molecule is Cc1cccc(NC(=O)c2ccc(Nc3cccc(F)c3)cn2)c1. The molecular formula is C19H16FN3O. The summed E-state index contributed by atoms with van der Waals surface area (Å²) in [5.74, 6) is -0.597. The summed E-state index contributed by atoms with van der Waals surface area (Å²) in [7, 11) is 0. The predicted octanol–water partition coefficient (Wildman–Crippen LogP) is 4.53. The Morgan fingerprint density at radius 3 is 2.46 bits per heavy atom. The smallest absolute Gasteiger partial charge is 0.274 e. The third-order valence-corrected chi connectivity index (χ3v) is 3.39. The number of halogens is 1. The third kappa shape index (κ3) is 3.95. The minimum absolute atomic E-state index is 0.280. The van der Waals surface area contributed by atoms with Crippen molar-refractivity contribution in [2.45, 2.75) is 6.92 Å². The fourth-order valence-corrected chi connectivity index (χ4v) is 2.25. The van der Waals surface area contributed by atoms with Crippen LogP contribution in [0.3, 0.4) is 0 Å². The van der Waals surface area contributed by atoms with Crippen molar-refractivity contribution < 1.29 is 9.18 Å². The Balaban J connectivity index is 1.68. The van der Waals surface area contributed by atoms with E-state index in [1.807, 2.05) is 31.2 Å². The number of aromatic nitrogens is 1. The topological polar surface area (TPSA) is 54.0 Å². The van der Waals surface area contributed by atoms with Crippen LogP contribution in [0.1, 0.15) is 16.1 Å². The number of rotatable bonds is 4. The van der Waals surface area contributed by atoms with E-state index in [0.717, 1.165) is 11.3 Å². The normalized spacial score (nSPS) is 10.2. The van der Waals surface area contributed by atoms with Gasteiger partial charge >= 0.3 is 0 Å². The van der Waals surface area contributed by atoms with Crippen molar-refractivity contribution in [3.63, 3.8) is 0 Å². The zero-order valence-electron chi connectivity index (χ0n) is 13.1. The number of hydrogen-bond acceptors (Lipinski definition) is 3. The van der Waals surface area contributed by atoms with Crippen molar-refractivity contribution >= 4 is 23.0 Å². The lowest BCUT2D eigenvalue weighted by atomic mass is 10.2. The maximum atomic E-state index is 13.2. The van der Waals surface area contributed by atoms with Gasteiger partial charge in [-0.05, 0) is 55.0 Å². The molecule has 0 saturated carbocycles. The van der Waals surface area contributed by atoms with Crippen molar-refractivity contribution in [3.8, 4) is 0 Å². The van der Waals surface area contributed by atoms with Crippen molar-refractivity contribution in [3.05, 3.63) is 83.9 Å². The molecule has 3 rings (SSSR count). The van der Waals surface area contributed by atoms with Gasteiger partial charge in [-0.15, -0.1) is 0 Å². The summed E-state index contributed by atoms with van der Waals surface area (Å²) < 4.78 is 13.2. The van der Waals surface area contributed by atoms with E-state index in [2.05, 4.69) is 15.6 Å². The minimum Gasteiger partial charge on any atom is -0.354 e. The van der Waals surface area contributed by atoms with Gasteiger partial charge in [-0.25, -0.2) is 9.37 Å². The zero-order valence-corrected chi connectivity index (χ0v) is 13.1. The van der Waals surface area contributed by atoms with Crippen LogP contribution in [0, 0.1) is 12.7 Å². The molecule has 1 amide bonds. The van der Waals surface area contributed by atoms with E-state index in [0.29, 0.717) is 17.1 Å². The molecular weight excluding hydrogens is 305 g/mol. The van der Waals surface area contributed by atoms with Crippen LogP contribution in [0.4, 0.5) is 21.5 Å². The van der Waals surface area contributed by atoms with E-state index < -0.39 is 0 Å². The van der Waals surface area contributed by atoms with E-state index in [1.54, 1.807) is 24.3 Å². The number of nitrogens with zero attached hydrogens (tertiary/aromatic N) is 1. The Morgan fingerprint density at radius 1 is 0.958 bits per heavy atom. The molecule has 1 aromatic heterocycles.